The number of hydrogen-bond acceptors (Lipinski definition) is 5. The standard InChI is InChI=1S/C31H39N3O5/c1-19(2)26(33-30(38)39-31(5,6)7)29(37)34(20(3)4)27(22-13-16-25(35)17-14-22)28(36)32-24-15-12-21-10-8-9-11-23(21)18-24/h8-20,26-27,35H,1-7H3,(H,32,36)(H,33,38). The minimum absolute atomic E-state index is 0.0431. The first kappa shape index (κ1) is 29.5. The van der Waals surface area contributed by atoms with Crippen LogP contribution in [0.3, 0.4) is 0 Å². The Morgan fingerprint density at radius 1 is 0.872 bits per heavy atom. The van der Waals surface area contributed by atoms with Gasteiger partial charge in [-0.2, -0.15) is 0 Å². The number of carbonyl (C=O) groups is 3. The molecule has 0 aliphatic carbocycles. The zero-order chi connectivity index (χ0) is 28.9. The van der Waals surface area contributed by atoms with Crippen molar-refractivity contribution in [2.75, 3.05) is 5.32 Å². The number of hydrogen-bond donors (Lipinski definition) is 3. The highest BCUT2D eigenvalue weighted by Crippen LogP contribution is 2.29. The van der Waals surface area contributed by atoms with Gasteiger partial charge in [0.15, 0.2) is 0 Å². The summed E-state index contributed by atoms with van der Waals surface area (Å²) in [6.07, 6.45) is -0.708. The first-order valence-electron chi connectivity index (χ1n) is 13.2. The number of benzene rings is 3. The van der Waals surface area contributed by atoms with Crippen molar-refractivity contribution in [2.45, 2.75) is 72.2 Å². The lowest BCUT2D eigenvalue weighted by molar-refractivity contribution is -0.143. The van der Waals surface area contributed by atoms with Crippen molar-refractivity contribution < 1.29 is 24.2 Å². The molecule has 0 aromatic heterocycles. The van der Waals surface area contributed by atoms with Crippen LogP contribution in [0.2, 0.25) is 0 Å². The van der Waals surface area contributed by atoms with Crippen molar-refractivity contribution >= 4 is 34.4 Å². The van der Waals surface area contributed by atoms with Crippen LogP contribution in [0.5, 0.6) is 5.75 Å². The average Bonchev–Trinajstić information content (AvgIpc) is 2.84. The SMILES string of the molecule is CC(C)C(NC(=O)OC(C)(C)C)C(=O)N(C(C)C)C(C(=O)Nc1ccc2ccccc2c1)c1ccc(O)cc1. The van der Waals surface area contributed by atoms with E-state index in [4.69, 9.17) is 4.74 Å². The van der Waals surface area contributed by atoms with Gasteiger partial charge >= 0.3 is 6.09 Å². The van der Waals surface area contributed by atoms with Gasteiger partial charge in [-0.3, -0.25) is 9.59 Å². The number of aromatic hydroxyl groups is 1. The average molecular weight is 534 g/mol. The molecule has 0 radical (unpaired) electrons. The fourth-order valence-electron chi connectivity index (χ4n) is 4.36. The van der Waals surface area contributed by atoms with E-state index in [9.17, 15) is 19.5 Å². The maximum atomic E-state index is 14.1. The van der Waals surface area contributed by atoms with E-state index in [1.165, 1.54) is 17.0 Å². The number of phenols is 1. The zero-order valence-electron chi connectivity index (χ0n) is 23.7. The van der Waals surface area contributed by atoms with Crippen LogP contribution >= 0.6 is 0 Å². The van der Waals surface area contributed by atoms with Gasteiger partial charge < -0.3 is 25.4 Å². The Morgan fingerprint density at radius 3 is 2.05 bits per heavy atom. The third-order valence-corrected chi connectivity index (χ3v) is 6.17. The molecule has 8 heteroatoms. The van der Waals surface area contributed by atoms with Gasteiger partial charge in [0.2, 0.25) is 5.91 Å². The number of fused-ring (bicyclic) bond motifs is 1. The summed E-state index contributed by atoms with van der Waals surface area (Å²) in [6, 6.07) is 17.3. The molecule has 8 nitrogen and oxygen atoms in total. The van der Waals surface area contributed by atoms with Crippen molar-refractivity contribution in [1.29, 1.82) is 0 Å². The maximum Gasteiger partial charge on any atom is 0.408 e. The summed E-state index contributed by atoms with van der Waals surface area (Å²) < 4.78 is 5.40. The van der Waals surface area contributed by atoms with Crippen LogP contribution in [0.15, 0.2) is 66.7 Å². The fraction of sp³-hybridized carbons (Fsp3) is 0.387. The number of nitrogens with one attached hydrogen (secondary N) is 2. The number of ether oxygens (including phenoxy) is 1. The molecule has 3 amide bonds. The third-order valence-electron chi connectivity index (χ3n) is 6.17. The van der Waals surface area contributed by atoms with E-state index in [0.717, 1.165) is 10.8 Å². The van der Waals surface area contributed by atoms with E-state index in [2.05, 4.69) is 10.6 Å². The van der Waals surface area contributed by atoms with Gasteiger partial charge in [0.1, 0.15) is 23.4 Å². The molecule has 39 heavy (non-hydrogen) atoms. The molecule has 0 bridgehead atoms. The van der Waals surface area contributed by atoms with Gasteiger partial charge in [0.25, 0.3) is 5.91 Å². The van der Waals surface area contributed by atoms with E-state index < -0.39 is 41.6 Å². The predicted molar refractivity (Wildman–Crippen MR) is 153 cm³/mol. The largest absolute Gasteiger partial charge is 0.508 e. The lowest BCUT2D eigenvalue weighted by Crippen LogP contribution is -2.56. The molecule has 2 unspecified atom stereocenters. The molecule has 3 N–H and O–H groups in total. The second-order valence-electron chi connectivity index (χ2n) is 11.3. The van der Waals surface area contributed by atoms with Crippen LogP contribution in [0.25, 0.3) is 10.8 Å². The maximum absolute atomic E-state index is 14.1. The Morgan fingerprint density at radius 2 is 1.49 bits per heavy atom. The Bertz CT molecular complexity index is 1310. The molecule has 3 aromatic carbocycles. The van der Waals surface area contributed by atoms with Crippen molar-refractivity contribution in [3.05, 3.63) is 72.3 Å². The van der Waals surface area contributed by atoms with Gasteiger partial charge in [-0.25, -0.2) is 4.79 Å². The Labute approximate surface area is 230 Å². The topological polar surface area (TPSA) is 108 Å². The molecule has 0 spiro atoms. The van der Waals surface area contributed by atoms with Crippen LogP contribution in [0.1, 0.15) is 60.1 Å². The predicted octanol–water partition coefficient (Wildman–Crippen LogP) is 6.01. The molecular weight excluding hydrogens is 494 g/mol. The number of anilines is 1. The number of amides is 3. The summed E-state index contributed by atoms with van der Waals surface area (Å²) in [5.41, 5.74) is 0.375. The van der Waals surface area contributed by atoms with Crippen molar-refractivity contribution in [1.82, 2.24) is 10.2 Å². The molecule has 3 rings (SSSR count). The summed E-state index contributed by atoms with van der Waals surface area (Å²) in [5, 5.41) is 17.6. The van der Waals surface area contributed by atoms with Gasteiger partial charge in [0.05, 0.1) is 0 Å². The molecule has 208 valence electrons. The first-order chi connectivity index (χ1) is 18.3. The molecule has 3 aromatic rings. The normalized spacial score (nSPS) is 13.2. The lowest BCUT2D eigenvalue weighted by atomic mass is 9.97. The van der Waals surface area contributed by atoms with E-state index in [-0.39, 0.29) is 11.7 Å². The molecule has 0 saturated heterocycles. The Balaban J connectivity index is 2.00. The fourth-order valence-corrected chi connectivity index (χ4v) is 4.36. The van der Waals surface area contributed by atoms with Crippen LogP contribution in [0, 0.1) is 5.92 Å². The van der Waals surface area contributed by atoms with Gasteiger partial charge in [-0.1, -0.05) is 56.3 Å². The van der Waals surface area contributed by atoms with Gasteiger partial charge in [0, 0.05) is 11.7 Å². The van der Waals surface area contributed by atoms with Crippen LogP contribution < -0.4 is 10.6 Å². The Hall–Kier alpha value is -4.07. The number of carbonyl (C=O) groups excluding carboxylic acids is 3. The van der Waals surface area contributed by atoms with Crippen molar-refractivity contribution in [2.24, 2.45) is 5.92 Å². The number of phenolic OH excluding ortho intramolecular Hbond substituents is 1. The van der Waals surface area contributed by atoms with E-state index in [1.807, 2.05) is 70.2 Å². The minimum atomic E-state index is -1.04. The molecule has 0 heterocycles. The zero-order valence-corrected chi connectivity index (χ0v) is 23.7. The smallest absolute Gasteiger partial charge is 0.408 e. The Kier molecular flexibility index (Phi) is 9.22. The highest BCUT2D eigenvalue weighted by molar-refractivity contribution is 6.00. The quantitative estimate of drug-likeness (QED) is 0.329. The van der Waals surface area contributed by atoms with Crippen molar-refractivity contribution in [3.63, 3.8) is 0 Å². The number of nitrogens with zero attached hydrogens (tertiary/aromatic N) is 1. The summed E-state index contributed by atoms with van der Waals surface area (Å²) in [6.45, 7) is 12.5. The number of rotatable bonds is 8. The monoisotopic (exact) mass is 533 g/mol. The van der Waals surface area contributed by atoms with Crippen molar-refractivity contribution in [3.8, 4) is 5.75 Å². The first-order valence-corrected chi connectivity index (χ1v) is 13.2. The third kappa shape index (κ3) is 7.72. The summed E-state index contributed by atoms with van der Waals surface area (Å²) in [5.74, 6) is -1.08. The van der Waals surface area contributed by atoms with Crippen LogP contribution in [-0.4, -0.2) is 45.6 Å². The second kappa shape index (κ2) is 12.2. The van der Waals surface area contributed by atoms with E-state index in [1.54, 1.807) is 32.9 Å². The summed E-state index contributed by atoms with van der Waals surface area (Å²) >= 11 is 0. The van der Waals surface area contributed by atoms with E-state index >= 15 is 0 Å². The summed E-state index contributed by atoms with van der Waals surface area (Å²) in [7, 11) is 0. The van der Waals surface area contributed by atoms with Gasteiger partial charge in [-0.05, 0) is 81.1 Å². The summed E-state index contributed by atoms with van der Waals surface area (Å²) in [4.78, 5) is 42.1. The highest BCUT2D eigenvalue weighted by Gasteiger charge is 2.39. The van der Waals surface area contributed by atoms with Gasteiger partial charge in [-0.15, -0.1) is 0 Å². The van der Waals surface area contributed by atoms with E-state index in [0.29, 0.717) is 11.3 Å². The molecule has 0 fully saturated rings. The minimum Gasteiger partial charge on any atom is -0.508 e. The van der Waals surface area contributed by atoms with Crippen LogP contribution in [0.4, 0.5) is 10.5 Å². The second-order valence-corrected chi connectivity index (χ2v) is 11.3. The molecule has 0 aliphatic rings. The molecule has 2 atom stereocenters. The van der Waals surface area contributed by atoms with Crippen LogP contribution in [-0.2, 0) is 14.3 Å². The number of alkyl carbamates (subject to hydrolysis) is 1. The molecule has 0 aliphatic heterocycles. The highest BCUT2D eigenvalue weighted by atomic mass is 16.6. The lowest BCUT2D eigenvalue weighted by Gasteiger charge is -2.38. The molecular formula is C31H39N3O5. The molecule has 0 saturated carbocycles.